The Kier molecular flexibility index (Phi) is 9.21. The number of phenolic OH excluding ortho intramolecular Hbond substituents is 1. The van der Waals surface area contributed by atoms with Crippen LogP contribution in [0.4, 0.5) is 11.4 Å². The summed E-state index contributed by atoms with van der Waals surface area (Å²) in [4.78, 5) is 43.6. The van der Waals surface area contributed by atoms with Gasteiger partial charge in [-0.3, -0.25) is 45.7 Å². The van der Waals surface area contributed by atoms with Crippen molar-refractivity contribution in [1.82, 2.24) is 25.1 Å². The molecular formula is C39H43N9O5. The van der Waals surface area contributed by atoms with Crippen molar-refractivity contribution in [3.05, 3.63) is 83.7 Å². The number of hydrogen-bond acceptors (Lipinski definition) is 11. The Hall–Kier alpha value is -5.89. The molecule has 3 amide bonds. The smallest absolute Gasteiger partial charge is 0.249 e. The lowest BCUT2D eigenvalue weighted by Gasteiger charge is -2.42. The van der Waals surface area contributed by atoms with Gasteiger partial charge in [-0.15, -0.1) is 0 Å². The topological polar surface area (TPSA) is 179 Å². The Morgan fingerprint density at radius 2 is 1.70 bits per heavy atom. The van der Waals surface area contributed by atoms with Gasteiger partial charge in [-0.2, -0.15) is 0 Å². The molecule has 1 unspecified atom stereocenters. The molecule has 0 bridgehead atoms. The zero-order valence-corrected chi connectivity index (χ0v) is 29.3. The highest BCUT2D eigenvalue weighted by Crippen LogP contribution is 2.45. The molecule has 3 aromatic rings. The van der Waals surface area contributed by atoms with Crippen LogP contribution in [0.3, 0.4) is 0 Å². The van der Waals surface area contributed by atoms with Crippen molar-refractivity contribution in [2.45, 2.75) is 56.5 Å². The molecule has 14 heteroatoms. The monoisotopic (exact) mass is 717 g/mol. The fourth-order valence-electron chi connectivity index (χ4n) is 8.32. The lowest BCUT2D eigenvalue weighted by molar-refractivity contribution is -0.134. The van der Waals surface area contributed by atoms with Crippen LogP contribution in [-0.2, 0) is 14.4 Å². The summed E-state index contributed by atoms with van der Waals surface area (Å²) in [5.74, 6) is 0.875. The summed E-state index contributed by atoms with van der Waals surface area (Å²) < 4.78 is 7.90. The Morgan fingerprint density at radius 3 is 2.49 bits per heavy atom. The first-order chi connectivity index (χ1) is 25.7. The van der Waals surface area contributed by atoms with Crippen LogP contribution < -0.4 is 25.8 Å². The number of rotatable bonds is 6. The number of amidine groups is 1. The van der Waals surface area contributed by atoms with Crippen LogP contribution in [0.5, 0.6) is 11.5 Å². The quantitative estimate of drug-likeness (QED) is 0.126. The Labute approximate surface area is 307 Å². The Bertz CT molecular complexity index is 2050. The zero-order chi connectivity index (χ0) is 36.6. The first-order valence-electron chi connectivity index (χ1n) is 18.2. The normalized spacial score (nSPS) is 23.3. The number of carbonyl (C=O) groups is 3. The zero-order valence-electron chi connectivity index (χ0n) is 29.3. The molecule has 53 heavy (non-hydrogen) atoms. The highest BCUT2D eigenvalue weighted by Gasteiger charge is 2.37. The number of carbonyl (C=O) groups excluding carboxylic acids is 3. The van der Waals surface area contributed by atoms with Gasteiger partial charge in [0.2, 0.25) is 17.7 Å². The van der Waals surface area contributed by atoms with E-state index in [1.165, 1.54) is 17.1 Å². The van der Waals surface area contributed by atoms with Gasteiger partial charge in [-0.1, -0.05) is 24.3 Å². The number of phenols is 1. The van der Waals surface area contributed by atoms with Gasteiger partial charge in [-0.25, -0.2) is 0 Å². The van der Waals surface area contributed by atoms with Crippen molar-refractivity contribution in [3.8, 4) is 11.5 Å². The van der Waals surface area contributed by atoms with Crippen LogP contribution >= 0.6 is 0 Å². The van der Waals surface area contributed by atoms with Crippen molar-refractivity contribution >= 4 is 52.5 Å². The number of piperazine rings is 1. The fraction of sp³-hybridized carbons (Fsp3) is 0.359. The summed E-state index contributed by atoms with van der Waals surface area (Å²) in [5.41, 5.74) is 11.0. The number of piperidine rings is 1. The summed E-state index contributed by atoms with van der Waals surface area (Å²) in [5, 5.41) is 30.2. The number of hydrazine groups is 1. The van der Waals surface area contributed by atoms with E-state index in [9.17, 15) is 19.5 Å². The fourth-order valence-corrected chi connectivity index (χ4v) is 8.32. The van der Waals surface area contributed by atoms with E-state index in [1.807, 2.05) is 30.3 Å². The van der Waals surface area contributed by atoms with Crippen LogP contribution in [0, 0.1) is 10.8 Å². The highest BCUT2D eigenvalue weighted by molar-refractivity contribution is 6.07. The molecule has 0 radical (unpaired) electrons. The molecule has 14 nitrogen and oxygen atoms in total. The maximum absolute atomic E-state index is 13.3. The molecule has 0 spiro atoms. The number of anilines is 2. The van der Waals surface area contributed by atoms with Gasteiger partial charge in [0.25, 0.3) is 0 Å². The number of aromatic hydroxyl groups is 1. The van der Waals surface area contributed by atoms with E-state index >= 15 is 0 Å². The minimum Gasteiger partial charge on any atom is -0.507 e. The number of para-hydroxylation sites is 2. The predicted molar refractivity (Wildman–Crippen MR) is 201 cm³/mol. The van der Waals surface area contributed by atoms with E-state index in [0.29, 0.717) is 56.3 Å². The average molecular weight is 718 g/mol. The van der Waals surface area contributed by atoms with Gasteiger partial charge in [0, 0.05) is 37.3 Å². The van der Waals surface area contributed by atoms with E-state index < -0.39 is 0 Å². The molecule has 5 heterocycles. The van der Waals surface area contributed by atoms with E-state index in [-0.39, 0.29) is 53.8 Å². The number of hydrogen-bond donors (Lipinski definition) is 6. The van der Waals surface area contributed by atoms with Crippen molar-refractivity contribution in [3.63, 3.8) is 0 Å². The third-order valence-corrected chi connectivity index (χ3v) is 11.1. The van der Waals surface area contributed by atoms with E-state index in [1.54, 1.807) is 29.0 Å². The molecule has 2 saturated heterocycles. The van der Waals surface area contributed by atoms with E-state index in [0.717, 1.165) is 54.1 Å². The number of nitrogens with zero attached hydrogens (tertiary/aromatic N) is 4. The van der Waals surface area contributed by atoms with Gasteiger partial charge < -0.3 is 24.7 Å². The summed E-state index contributed by atoms with van der Waals surface area (Å²) in [6.07, 6.45) is 11.3. The number of amides is 3. The molecule has 1 saturated carbocycles. The first-order valence-corrected chi connectivity index (χ1v) is 18.2. The lowest BCUT2D eigenvalue weighted by Crippen LogP contribution is -2.55. The summed E-state index contributed by atoms with van der Waals surface area (Å²) in [6, 6.07) is 14.9. The van der Waals surface area contributed by atoms with Crippen molar-refractivity contribution in [1.29, 1.82) is 10.8 Å². The van der Waals surface area contributed by atoms with E-state index in [2.05, 4.69) is 32.0 Å². The largest absolute Gasteiger partial charge is 0.507 e. The van der Waals surface area contributed by atoms with Crippen molar-refractivity contribution in [2.75, 3.05) is 43.1 Å². The molecule has 5 aliphatic rings. The number of ether oxygens (including phenoxy) is 1. The van der Waals surface area contributed by atoms with Gasteiger partial charge in [0.05, 0.1) is 35.9 Å². The van der Waals surface area contributed by atoms with Crippen LogP contribution in [0.1, 0.15) is 61.3 Å². The van der Waals surface area contributed by atoms with Gasteiger partial charge in [0.1, 0.15) is 35.8 Å². The number of allylic oxidation sites excluding steroid dienone is 1. The molecule has 4 aliphatic heterocycles. The molecule has 1 atom stereocenters. The second-order valence-corrected chi connectivity index (χ2v) is 14.1. The van der Waals surface area contributed by atoms with Crippen LogP contribution in [0.25, 0.3) is 11.8 Å². The van der Waals surface area contributed by atoms with Crippen LogP contribution in [-0.4, -0.2) is 93.7 Å². The average Bonchev–Trinajstić information content (AvgIpc) is 3.60. The maximum atomic E-state index is 13.3. The standard InChI is InChI=1S/C39H43N9O5/c40-34(47-17-16-28-32(47)22-29(44-43-28)27-4-1-2-7-33(27)49)13-14-35(41)48-19-18-45(23-37(48)51)25-10-8-24(9-11-25)26-5-3-6-30-38(26)53-21-20-46(30)31-12-15-36(50)42-39(31)52/h1-7,13-14,16-17,22,24-25,31,40-41,43-44,49H,8-12,15,18-21,23H2,(H,42,50,52)/b14-13-,40-34?,41-35?. The number of benzene rings is 2. The molecule has 2 aromatic carbocycles. The number of fused-ring (bicyclic) bond motifs is 2. The van der Waals surface area contributed by atoms with Gasteiger partial charge in [-0.05, 0) is 86.1 Å². The first kappa shape index (κ1) is 34.2. The van der Waals surface area contributed by atoms with Gasteiger partial charge in [0.15, 0.2) is 0 Å². The Balaban J connectivity index is 0.862. The number of imide groups is 1. The maximum Gasteiger partial charge on any atom is 0.249 e. The van der Waals surface area contributed by atoms with Gasteiger partial charge >= 0.3 is 0 Å². The minimum atomic E-state index is -0.385. The molecule has 1 aliphatic carbocycles. The highest BCUT2D eigenvalue weighted by atomic mass is 16.5. The molecule has 1 aromatic heterocycles. The van der Waals surface area contributed by atoms with Crippen molar-refractivity contribution in [2.24, 2.45) is 0 Å². The SMILES string of the molecule is N=C(/C=C\C(=N)n1ccc2c1C=C(c1ccccc1O)NN2)N1CCN(C2CCC(c3cccc4c3OCCN4C3CCC(=O)NC3=O)CC2)CC1=O. The molecule has 8 rings (SSSR count). The Morgan fingerprint density at radius 1 is 0.887 bits per heavy atom. The molecule has 3 fully saturated rings. The summed E-state index contributed by atoms with van der Waals surface area (Å²) >= 11 is 0. The van der Waals surface area contributed by atoms with Crippen LogP contribution in [0.2, 0.25) is 0 Å². The number of nitrogens with one attached hydrogen (secondary N) is 5. The van der Waals surface area contributed by atoms with Crippen molar-refractivity contribution < 1.29 is 24.2 Å². The predicted octanol–water partition coefficient (Wildman–Crippen LogP) is 3.86. The molecular weight excluding hydrogens is 674 g/mol. The summed E-state index contributed by atoms with van der Waals surface area (Å²) in [7, 11) is 0. The lowest BCUT2D eigenvalue weighted by atomic mass is 9.80. The number of aromatic nitrogens is 1. The molecule has 6 N–H and O–H groups in total. The third kappa shape index (κ3) is 6.65. The third-order valence-electron chi connectivity index (χ3n) is 11.1. The summed E-state index contributed by atoms with van der Waals surface area (Å²) in [6.45, 7) is 2.40. The second-order valence-electron chi connectivity index (χ2n) is 14.1. The molecule has 274 valence electrons. The second kappa shape index (κ2) is 14.3. The minimum absolute atomic E-state index is 0.0505. The van der Waals surface area contributed by atoms with E-state index in [4.69, 9.17) is 15.6 Å². The van der Waals surface area contributed by atoms with Crippen LogP contribution in [0.15, 0.2) is 66.9 Å².